The number of nitrogens with zero attached hydrogens (tertiary/aromatic N) is 4. The fraction of sp³-hybridized carbons (Fsp3) is 0.846. The monoisotopic (exact) mass is 305 g/mol. The highest BCUT2D eigenvalue weighted by molar-refractivity contribution is 5.03. The molecule has 1 aromatic rings. The first-order valence-electron chi connectivity index (χ1n) is 7.31. The van der Waals surface area contributed by atoms with Gasteiger partial charge >= 0.3 is 6.18 Å². The number of nitrogens with two attached hydrogens (primary N) is 1. The smallest absolute Gasteiger partial charge is 0.329 e. The molecule has 0 amide bonds. The van der Waals surface area contributed by atoms with Crippen LogP contribution in [-0.4, -0.2) is 38.8 Å². The second kappa shape index (κ2) is 6.31. The molecule has 0 saturated heterocycles. The fourth-order valence-electron chi connectivity index (χ4n) is 3.06. The van der Waals surface area contributed by atoms with Gasteiger partial charge in [0.1, 0.15) is 5.82 Å². The summed E-state index contributed by atoms with van der Waals surface area (Å²) in [6.07, 6.45) is -2.32. The van der Waals surface area contributed by atoms with E-state index in [0.717, 1.165) is 12.8 Å². The van der Waals surface area contributed by atoms with E-state index in [-0.39, 0.29) is 12.6 Å². The summed E-state index contributed by atoms with van der Waals surface area (Å²) in [6.45, 7) is 5.94. The Morgan fingerprint density at radius 3 is 2.57 bits per heavy atom. The summed E-state index contributed by atoms with van der Waals surface area (Å²) in [4.78, 5) is 2.13. The minimum Gasteiger partial charge on any atom is -0.329 e. The molecule has 0 radical (unpaired) electrons. The molecule has 5 nitrogen and oxygen atoms in total. The molecule has 2 unspecified atom stereocenters. The Balaban J connectivity index is 2.14. The van der Waals surface area contributed by atoms with Crippen LogP contribution in [-0.2, 0) is 19.3 Å². The summed E-state index contributed by atoms with van der Waals surface area (Å²) >= 11 is 0. The van der Waals surface area contributed by atoms with Crippen LogP contribution in [0.4, 0.5) is 13.2 Å². The molecule has 0 aromatic carbocycles. The minimum atomic E-state index is -4.45. The van der Waals surface area contributed by atoms with Gasteiger partial charge in [0, 0.05) is 25.7 Å². The number of fused-ring (bicyclic) bond motifs is 1. The van der Waals surface area contributed by atoms with E-state index >= 15 is 0 Å². The van der Waals surface area contributed by atoms with E-state index < -0.39 is 12.0 Å². The Bertz CT molecular complexity index is 471. The molecule has 2 heterocycles. The quantitative estimate of drug-likeness (QED) is 0.902. The Hall–Kier alpha value is -1.15. The average Bonchev–Trinajstić information content (AvgIpc) is 2.82. The van der Waals surface area contributed by atoms with E-state index in [0.29, 0.717) is 31.4 Å². The second-order valence-electron chi connectivity index (χ2n) is 5.63. The van der Waals surface area contributed by atoms with Gasteiger partial charge in [0.2, 0.25) is 5.82 Å². The Labute approximate surface area is 122 Å². The van der Waals surface area contributed by atoms with Gasteiger partial charge < -0.3 is 10.3 Å². The van der Waals surface area contributed by atoms with Crippen molar-refractivity contribution in [1.29, 1.82) is 0 Å². The maximum absolute atomic E-state index is 12.8. The Morgan fingerprint density at radius 1 is 1.29 bits per heavy atom. The zero-order valence-corrected chi connectivity index (χ0v) is 12.4. The van der Waals surface area contributed by atoms with Crippen molar-refractivity contribution in [2.75, 3.05) is 13.1 Å². The van der Waals surface area contributed by atoms with Crippen LogP contribution in [0.2, 0.25) is 0 Å². The third kappa shape index (κ3) is 3.37. The minimum absolute atomic E-state index is 0.171. The molecule has 0 spiro atoms. The highest BCUT2D eigenvalue weighted by Gasteiger charge is 2.40. The predicted molar refractivity (Wildman–Crippen MR) is 72.3 cm³/mol. The Kier molecular flexibility index (Phi) is 4.88. The molecule has 1 aliphatic rings. The van der Waals surface area contributed by atoms with Crippen molar-refractivity contribution in [2.24, 2.45) is 11.7 Å². The molecule has 2 atom stereocenters. The van der Waals surface area contributed by atoms with E-state index in [1.807, 2.05) is 0 Å². The lowest BCUT2D eigenvalue weighted by atomic mass is 9.95. The van der Waals surface area contributed by atoms with E-state index in [1.54, 1.807) is 0 Å². The highest BCUT2D eigenvalue weighted by Crippen LogP contribution is 2.30. The van der Waals surface area contributed by atoms with Gasteiger partial charge in [0.05, 0.1) is 6.54 Å². The summed E-state index contributed by atoms with van der Waals surface area (Å²) in [7, 11) is 0. The van der Waals surface area contributed by atoms with Crippen LogP contribution < -0.4 is 5.73 Å². The van der Waals surface area contributed by atoms with Crippen LogP contribution in [0, 0.1) is 5.92 Å². The normalized spacial score (nSPS) is 19.3. The maximum atomic E-state index is 12.8. The lowest BCUT2D eigenvalue weighted by Gasteiger charge is -2.37. The predicted octanol–water partition coefficient (Wildman–Crippen LogP) is 1.88. The first-order valence-corrected chi connectivity index (χ1v) is 7.31. The SMILES string of the molecule is CCCC(C)C(CN)N1CCn2c(nnc2C(F)(F)F)C1. The van der Waals surface area contributed by atoms with E-state index in [9.17, 15) is 13.2 Å². The summed E-state index contributed by atoms with van der Waals surface area (Å²) in [5.74, 6) is -0.115. The summed E-state index contributed by atoms with van der Waals surface area (Å²) < 4.78 is 39.6. The van der Waals surface area contributed by atoms with Gasteiger partial charge in [0.15, 0.2) is 0 Å². The van der Waals surface area contributed by atoms with Crippen LogP contribution in [0.25, 0.3) is 0 Å². The average molecular weight is 305 g/mol. The van der Waals surface area contributed by atoms with Gasteiger partial charge in [-0.25, -0.2) is 0 Å². The number of rotatable bonds is 5. The number of aromatic nitrogens is 3. The van der Waals surface area contributed by atoms with E-state index in [1.165, 1.54) is 4.57 Å². The van der Waals surface area contributed by atoms with Gasteiger partial charge in [-0.3, -0.25) is 4.90 Å². The zero-order valence-electron chi connectivity index (χ0n) is 12.4. The van der Waals surface area contributed by atoms with E-state index in [4.69, 9.17) is 5.73 Å². The standard InChI is InChI=1S/C13H22F3N5/c1-3-4-9(2)10(7-17)20-5-6-21-11(8-20)18-19-12(21)13(14,15)16/h9-10H,3-8,17H2,1-2H3. The van der Waals surface area contributed by atoms with Gasteiger partial charge in [-0.1, -0.05) is 20.3 Å². The fourth-order valence-corrected chi connectivity index (χ4v) is 3.06. The molecule has 0 fully saturated rings. The van der Waals surface area contributed by atoms with Crippen molar-refractivity contribution in [3.8, 4) is 0 Å². The molecule has 8 heteroatoms. The summed E-state index contributed by atoms with van der Waals surface area (Å²) in [5, 5.41) is 7.01. The molecular weight excluding hydrogens is 283 g/mol. The third-order valence-corrected chi connectivity index (χ3v) is 4.15. The van der Waals surface area contributed by atoms with Gasteiger partial charge in [-0.15, -0.1) is 10.2 Å². The topological polar surface area (TPSA) is 60.0 Å². The molecule has 0 aliphatic carbocycles. The van der Waals surface area contributed by atoms with Gasteiger partial charge in [-0.2, -0.15) is 13.2 Å². The molecule has 0 bridgehead atoms. The largest absolute Gasteiger partial charge is 0.451 e. The molecule has 120 valence electrons. The lowest BCUT2D eigenvalue weighted by molar-refractivity contribution is -0.148. The van der Waals surface area contributed by atoms with Gasteiger partial charge in [-0.05, 0) is 12.3 Å². The molecule has 1 aliphatic heterocycles. The molecule has 2 rings (SSSR count). The van der Waals surface area contributed by atoms with Crippen molar-refractivity contribution in [1.82, 2.24) is 19.7 Å². The first-order chi connectivity index (χ1) is 9.88. The third-order valence-electron chi connectivity index (χ3n) is 4.15. The lowest BCUT2D eigenvalue weighted by Crippen LogP contribution is -2.48. The molecule has 0 saturated carbocycles. The molecular formula is C13H22F3N5. The second-order valence-corrected chi connectivity index (χ2v) is 5.63. The van der Waals surface area contributed by atoms with Crippen molar-refractivity contribution < 1.29 is 13.2 Å². The van der Waals surface area contributed by atoms with Crippen molar-refractivity contribution >= 4 is 0 Å². The number of hydrogen-bond donors (Lipinski definition) is 1. The molecule has 1 aromatic heterocycles. The summed E-state index contributed by atoms with van der Waals surface area (Å²) in [6, 6.07) is 0.171. The first kappa shape index (κ1) is 16.2. The van der Waals surface area contributed by atoms with Crippen LogP contribution in [0.1, 0.15) is 38.3 Å². The van der Waals surface area contributed by atoms with Gasteiger partial charge in [0.25, 0.3) is 0 Å². The van der Waals surface area contributed by atoms with E-state index in [2.05, 4.69) is 28.9 Å². The van der Waals surface area contributed by atoms with Crippen LogP contribution in [0.5, 0.6) is 0 Å². The van der Waals surface area contributed by atoms with Crippen molar-refractivity contribution in [3.05, 3.63) is 11.6 Å². The number of hydrogen-bond acceptors (Lipinski definition) is 4. The van der Waals surface area contributed by atoms with Crippen LogP contribution >= 0.6 is 0 Å². The van der Waals surface area contributed by atoms with Crippen LogP contribution in [0.3, 0.4) is 0 Å². The van der Waals surface area contributed by atoms with Crippen LogP contribution in [0.15, 0.2) is 0 Å². The maximum Gasteiger partial charge on any atom is 0.451 e. The molecule has 2 N–H and O–H groups in total. The van der Waals surface area contributed by atoms with Crippen molar-refractivity contribution in [3.63, 3.8) is 0 Å². The Morgan fingerprint density at radius 2 is 2.00 bits per heavy atom. The zero-order chi connectivity index (χ0) is 15.6. The number of halogens is 3. The summed E-state index contributed by atoms with van der Waals surface area (Å²) in [5.41, 5.74) is 5.86. The highest BCUT2D eigenvalue weighted by atomic mass is 19.4. The molecule has 21 heavy (non-hydrogen) atoms. The van der Waals surface area contributed by atoms with Crippen molar-refractivity contribution in [2.45, 2.75) is 52.0 Å². The number of alkyl halides is 3.